The number of alkyl carbamates (subject to hydrolysis) is 1. The number of ether oxygens (including phenoxy) is 1. The van der Waals surface area contributed by atoms with Gasteiger partial charge in [0.25, 0.3) is 10.1 Å². The van der Waals surface area contributed by atoms with E-state index < -0.39 is 28.1 Å². The van der Waals surface area contributed by atoms with Crippen molar-refractivity contribution in [1.29, 1.82) is 0 Å². The average Bonchev–Trinajstić information content (AvgIpc) is 2.10. The van der Waals surface area contributed by atoms with E-state index in [4.69, 9.17) is 4.55 Å². The van der Waals surface area contributed by atoms with Crippen molar-refractivity contribution in [2.24, 2.45) is 0 Å². The van der Waals surface area contributed by atoms with Gasteiger partial charge in [-0.2, -0.15) is 8.42 Å². The van der Waals surface area contributed by atoms with Crippen LogP contribution in [0.4, 0.5) is 4.79 Å². The predicted molar refractivity (Wildman–Crippen MR) is 34.7 cm³/mol. The Morgan fingerprint density at radius 1 is 1.73 bits per heavy atom. The molecule has 0 radical (unpaired) electrons. The molecule has 1 aliphatic rings. The second-order valence-corrected chi connectivity index (χ2v) is 3.65. The van der Waals surface area contributed by atoms with Crippen LogP contribution in [0.3, 0.4) is 0 Å². The van der Waals surface area contributed by atoms with E-state index in [1.54, 1.807) is 0 Å². The molecule has 6 nitrogen and oxygen atoms in total. The van der Waals surface area contributed by atoms with Crippen molar-refractivity contribution in [3.63, 3.8) is 0 Å². The zero-order chi connectivity index (χ0) is 8.48. The molecule has 1 amide bonds. The number of amides is 1. The van der Waals surface area contributed by atoms with E-state index in [1.165, 1.54) is 0 Å². The summed E-state index contributed by atoms with van der Waals surface area (Å²) < 4.78 is 33.2. The summed E-state index contributed by atoms with van der Waals surface area (Å²) in [7, 11) is -4.05. The third kappa shape index (κ3) is 2.72. The van der Waals surface area contributed by atoms with Crippen molar-refractivity contribution in [2.75, 3.05) is 12.3 Å². The number of cyclic esters (lactones) is 1. The van der Waals surface area contributed by atoms with Crippen LogP contribution < -0.4 is 5.32 Å². The lowest BCUT2D eigenvalue weighted by Gasteiger charge is -2.02. The number of nitrogens with one attached hydrogen (secondary N) is 1. The maximum Gasteiger partial charge on any atom is 0.407 e. The van der Waals surface area contributed by atoms with Gasteiger partial charge in [-0.25, -0.2) is 4.79 Å². The number of carbonyl (C=O) groups is 1. The lowest BCUT2D eigenvalue weighted by atomic mass is 10.4. The standard InChI is InChI=1S/C4H7NO5S/c6-4-5-1-3(10-4)2-11(7,8)9/h3H,1-2H2,(H,5,6)(H,7,8,9). The quantitative estimate of drug-likeness (QED) is 0.532. The molecule has 0 aliphatic carbocycles. The first-order chi connectivity index (χ1) is 4.97. The number of hydrogen-bond acceptors (Lipinski definition) is 4. The summed E-state index contributed by atoms with van der Waals surface area (Å²) in [6.07, 6.45) is -1.42. The van der Waals surface area contributed by atoms with Gasteiger partial charge >= 0.3 is 6.09 Å². The summed E-state index contributed by atoms with van der Waals surface area (Å²) in [5.74, 6) is -0.550. The van der Waals surface area contributed by atoms with Gasteiger partial charge in [0.1, 0.15) is 11.9 Å². The zero-order valence-corrected chi connectivity index (χ0v) is 6.30. The van der Waals surface area contributed by atoms with Gasteiger partial charge in [0.2, 0.25) is 0 Å². The van der Waals surface area contributed by atoms with E-state index in [0.29, 0.717) is 0 Å². The summed E-state index contributed by atoms with van der Waals surface area (Å²) in [6, 6.07) is 0. The van der Waals surface area contributed by atoms with E-state index in [1.807, 2.05) is 0 Å². The van der Waals surface area contributed by atoms with Gasteiger partial charge in [-0.3, -0.25) is 4.55 Å². The van der Waals surface area contributed by atoms with Crippen LogP contribution in [0.2, 0.25) is 0 Å². The Bertz CT molecular complexity index is 258. The molecule has 1 rings (SSSR count). The topological polar surface area (TPSA) is 92.7 Å². The van der Waals surface area contributed by atoms with Crippen LogP contribution >= 0.6 is 0 Å². The number of rotatable bonds is 2. The maximum atomic E-state index is 10.3. The molecule has 0 spiro atoms. The third-order valence-corrected chi connectivity index (χ3v) is 1.94. The normalized spacial score (nSPS) is 24.5. The molecule has 0 saturated carbocycles. The SMILES string of the molecule is O=C1NCC(CS(=O)(=O)O)O1. The van der Waals surface area contributed by atoms with Crippen molar-refractivity contribution in [3.05, 3.63) is 0 Å². The molecule has 0 aromatic rings. The minimum absolute atomic E-state index is 0.124. The van der Waals surface area contributed by atoms with Crippen LogP contribution in [0.5, 0.6) is 0 Å². The Balaban J connectivity index is 2.47. The highest BCUT2D eigenvalue weighted by molar-refractivity contribution is 7.85. The van der Waals surface area contributed by atoms with Crippen molar-refractivity contribution >= 4 is 16.2 Å². The van der Waals surface area contributed by atoms with Gasteiger partial charge in [-0.1, -0.05) is 0 Å². The molecule has 11 heavy (non-hydrogen) atoms. The molecular formula is C4H7NO5S. The highest BCUT2D eigenvalue weighted by Crippen LogP contribution is 2.02. The largest absolute Gasteiger partial charge is 0.443 e. The Kier molecular flexibility index (Phi) is 2.01. The Labute approximate surface area is 63.3 Å². The monoisotopic (exact) mass is 181 g/mol. The van der Waals surface area contributed by atoms with Gasteiger partial charge in [-0.05, 0) is 0 Å². The van der Waals surface area contributed by atoms with E-state index in [0.717, 1.165) is 0 Å². The van der Waals surface area contributed by atoms with Crippen molar-refractivity contribution in [2.45, 2.75) is 6.10 Å². The minimum Gasteiger partial charge on any atom is -0.443 e. The van der Waals surface area contributed by atoms with Crippen LogP contribution in [-0.2, 0) is 14.9 Å². The predicted octanol–water partition coefficient (Wildman–Crippen LogP) is -1.02. The molecule has 1 unspecified atom stereocenters. The maximum absolute atomic E-state index is 10.3. The van der Waals surface area contributed by atoms with Crippen molar-refractivity contribution < 1.29 is 22.5 Å². The molecular weight excluding hydrogens is 174 g/mol. The lowest BCUT2D eigenvalue weighted by Crippen LogP contribution is -2.23. The van der Waals surface area contributed by atoms with Crippen LogP contribution in [0.15, 0.2) is 0 Å². The van der Waals surface area contributed by atoms with Crippen LogP contribution in [0, 0.1) is 0 Å². The highest BCUT2D eigenvalue weighted by atomic mass is 32.2. The lowest BCUT2D eigenvalue weighted by molar-refractivity contribution is 0.149. The third-order valence-electron chi connectivity index (χ3n) is 1.14. The summed E-state index contributed by atoms with van der Waals surface area (Å²) in [6.45, 7) is 0.124. The van der Waals surface area contributed by atoms with E-state index in [9.17, 15) is 13.2 Å². The van der Waals surface area contributed by atoms with Gasteiger partial charge in [-0.15, -0.1) is 0 Å². The second-order valence-electron chi connectivity index (χ2n) is 2.16. The van der Waals surface area contributed by atoms with E-state index in [-0.39, 0.29) is 6.54 Å². The summed E-state index contributed by atoms with van der Waals surface area (Å²) >= 11 is 0. The molecule has 0 aromatic carbocycles. The highest BCUT2D eigenvalue weighted by Gasteiger charge is 2.26. The molecule has 0 aromatic heterocycles. The summed E-state index contributed by atoms with van der Waals surface area (Å²) in [5.41, 5.74) is 0. The Morgan fingerprint density at radius 2 is 2.36 bits per heavy atom. The van der Waals surface area contributed by atoms with Gasteiger partial charge in [0.15, 0.2) is 0 Å². The molecule has 0 bridgehead atoms. The molecule has 2 N–H and O–H groups in total. The fourth-order valence-electron chi connectivity index (χ4n) is 0.760. The number of carbonyl (C=O) groups excluding carboxylic acids is 1. The molecule has 7 heteroatoms. The first kappa shape index (κ1) is 8.28. The molecule has 1 aliphatic heterocycles. The molecule has 1 fully saturated rings. The second kappa shape index (κ2) is 2.67. The summed E-state index contributed by atoms with van der Waals surface area (Å²) in [4.78, 5) is 10.3. The Hall–Kier alpha value is -0.820. The van der Waals surface area contributed by atoms with E-state index in [2.05, 4.69) is 10.1 Å². The Morgan fingerprint density at radius 3 is 2.73 bits per heavy atom. The van der Waals surface area contributed by atoms with Crippen LogP contribution in [0.1, 0.15) is 0 Å². The number of hydrogen-bond donors (Lipinski definition) is 2. The summed E-state index contributed by atoms with van der Waals surface area (Å²) in [5, 5.41) is 2.26. The molecule has 1 saturated heterocycles. The minimum atomic E-state index is -4.05. The van der Waals surface area contributed by atoms with E-state index >= 15 is 0 Å². The first-order valence-electron chi connectivity index (χ1n) is 2.87. The fraction of sp³-hybridized carbons (Fsp3) is 0.750. The van der Waals surface area contributed by atoms with Gasteiger partial charge in [0, 0.05) is 0 Å². The molecule has 1 heterocycles. The van der Waals surface area contributed by atoms with Crippen molar-refractivity contribution in [1.82, 2.24) is 5.32 Å². The smallest absolute Gasteiger partial charge is 0.407 e. The average molecular weight is 181 g/mol. The zero-order valence-electron chi connectivity index (χ0n) is 5.48. The van der Waals surface area contributed by atoms with Crippen LogP contribution in [0.25, 0.3) is 0 Å². The van der Waals surface area contributed by atoms with Crippen molar-refractivity contribution in [3.8, 4) is 0 Å². The molecule has 64 valence electrons. The fourth-order valence-corrected chi connectivity index (χ4v) is 1.42. The van der Waals surface area contributed by atoms with Crippen LogP contribution in [-0.4, -0.2) is 37.5 Å². The van der Waals surface area contributed by atoms with Gasteiger partial charge < -0.3 is 10.1 Å². The molecule has 1 atom stereocenters. The first-order valence-corrected chi connectivity index (χ1v) is 4.48. The van der Waals surface area contributed by atoms with Gasteiger partial charge in [0.05, 0.1) is 6.54 Å².